The van der Waals surface area contributed by atoms with Crippen molar-refractivity contribution in [2.45, 2.75) is 37.9 Å². The normalized spacial score (nSPS) is 18.9. The molecule has 0 aromatic carbocycles. The molecule has 0 saturated heterocycles. The lowest BCUT2D eigenvalue weighted by Gasteiger charge is -2.34. The summed E-state index contributed by atoms with van der Waals surface area (Å²) in [5.74, 6) is -1.41. The standard InChI is InChI=1S/C12H18F3NO4/c1-16(2,11(19)20-7-12(13,14)15)9(10(17)18)8-5-3-4-6-8/h8-9H,3-7H2,1-2H3/p+1. The van der Waals surface area contributed by atoms with Crippen molar-refractivity contribution in [1.29, 1.82) is 0 Å². The molecule has 0 radical (unpaired) electrons. The van der Waals surface area contributed by atoms with Gasteiger partial charge in [-0.25, -0.2) is 9.28 Å². The number of quaternary nitrogens is 1. The number of likely N-dealkylation sites (N-methyl/N-ethyl adjacent to an activating group) is 1. The molecular weight excluding hydrogens is 279 g/mol. The molecule has 20 heavy (non-hydrogen) atoms. The summed E-state index contributed by atoms with van der Waals surface area (Å²) < 4.78 is 39.7. The van der Waals surface area contributed by atoms with E-state index in [-0.39, 0.29) is 5.92 Å². The van der Waals surface area contributed by atoms with Crippen LogP contribution in [0.2, 0.25) is 0 Å². The van der Waals surface area contributed by atoms with E-state index in [4.69, 9.17) is 0 Å². The predicted octanol–water partition coefficient (Wildman–Crippen LogP) is 2.41. The molecule has 0 aromatic heterocycles. The average molecular weight is 298 g/mol. The number of carbonyl (C=O) groups excluding carboxylic acids is 1. The van der Waals surface area contributed by atoms with Crippen molar-refractivity contribution in [2.75, 3.05) is 20.7 Å². The second kappa shape index (κ2) is 5.99. The fourth-order valence-electron chi connectivity index (χ4n) is 2.70. The SMILES string of the molecule is C[N+](C)(C(=O)OCC(F)(F)F)C(C(=O)O)C1CCCC1. The van der Waals surface area contributed by atoms with E-state index in [1.807, 2.05) is 0 Å². The minimum atomic E-state index is -4.62. The summed E-state index contributed by atoms with van der Waals surface area (Å²) in [6, 6.07) is -1.08. The number of halogens is 3. The van der Waals surface area contributed by atoms with Crippen LogP contribution in [0.3, 0.4) is 0 Å². The predicted molar refractivity (Wildman–Crippen MR) is 62.9 cm³/mol. The van der Waals surface area contributed by atoms with Gasteiger partial charge in [0.1, 0.15) is 0 Å². The third-order valence-electron chi connectivity index (χ3n) is 3.62. The van der Waals surface area contributed by atoms with Crippen LogP contribution in [0.4, 0.5) is 18.0 Å². The van der Waals surface area contributed by atoms with Crippen LogP contribution in [0.25, 0.3) is 0 Å². The van der Waals surface area contributed by atoms with E-state index in [1.165, 1.54) is 14.1 Å². The maximum atomic E-state index is 12.1. The van der Waals surface area contributed by atoms with Gasteiger partial charge in [-0.1, -0.05) is 12.8 Å². The summed E-state index contributed by atoms with van der Waals surface area (Å²) >= 11 is 0. The van der Waals surface area contributed by atoms with Crippen LogP contribution in [-0.4, -0.2) is 54.6 Å². The van der Waals surface area contributed by atoms with Gasteiger partial charge in [0.15, 0.2) is 12.6 Å². The van der Waals surface area contributed by atoms with Gasteiger partial charge < -0.3 is 9.84 Å². The van der Waals surface area contributed by atoms with E-state index in [0.29, 0.717) is 12.8 Å². The topological polar surface area (TPSA) is 63.6 Å². The Hall–Kier alpha value is -1.31. The lowest BCUT2D eigenvalue weighted by molar-refractivity contribution is -0.839. The number of carbonyl (C=O) groups is 2. The highest BCUT2D eigenvalue weighted by Gasteiger charge is 2.49. The van der Waals surface area contributed by atoms with Gasteiger partial charge >= 0.3 is 18.2 Å². The lowest BCUT2D eigenvalue weighted by Crippen LogP contribution is -2.59. The molecule has 0 heterocycles. The Morgan fingerprint density at radius 3 is 2.20 bits per heavy atom. The van der Waals surface area contributed by atoms with Gasteiger partial charge in [-0.3, -0.25) is 0 Å². The van der Waals surface area contributed by atoms with Gasteiger partial charge in [0.05, 0.1) is 14.1 Å². The molecule has 1 atom stereocenters. The number of carboxylic acid groups (broad SMARTS) is 1. The summed E-state index contributed by atoms with van der Waals surface area (Å²) in [7, 11) is 2.55. The Morgan fingerprint density at radius 1 is 1.30 bits per heavy atom. The number of ether oxygens (including phenoxy) is 1. The fraction of sp³-hybridized carbons (Fsp3) is 0.833. The maximum Gasteiger partial charge on any atom is 0.516 e. The van der Waals surface area contributed by atoms with Crippen molar-refractivity contribution in [3.05, 3.63) is 0 Å². The van der Waals surface area contributed by atoms with E-state index >= 15 is 0 Å². The first kappa shape index (κ1) is 16.7. The minimum Gasteiger partial charge on any atom is -0.477 e. The van der Waals surface area contributed by atoms with Crippen molar-refractivity contribution < 1.29 is 37.1 Å². The highest BCUT2D eigenvalue weighted by molar-refractivity contribution is 5.75. The Labute approximate surface area is 114 Å². The molecule has 5 nitrogen and oxygen atoms in total. The van der Waals surface area contributed by atoms with Gasteiger partial charge in [0.2, 0.25) is 0 Å². The number of aliphatic carboxylic acids is 1. The van der Waals surface area contributed by atoms with Crippen molar-refractivity contribution in [1.82, 2.24) is 0 Å². The first-order chi connectivity index (χ1) is 9.05. The van der Waals surface area contributed by atoms with Crippen LogP contribution in [-0.2, 0) is 9.53 Å². The summed E-state index contributed by atoms with van der Waals surface area (Å²) in [4.78, 5) is 23.2. The second-order valence-corrected chi connectivity index (χ2v) is 5.54. The smallest absolute Gasteiger partial charge is 0.477 e. The molecule has 8 heteroatoms. The number of hydrogen-bond acceptors (Lipinski definition) is 3. The summed E-state index contributed by atoms with van der Waals surface area (Å²) in [6.07, 6.45) is -2.75. The molecule has 1 saturated carbocycles. The number of nitrogens with zero attached hydrogens (tertiary/aromatic N) is 1. The second-order valence-electron chi connectivity index (χ2n) is 5.54. The molecule has 116 valence electrons. The van der Waals surface area contributed by atoms with Crippen LogP contribution < -0.4 is 0 Å². The molecule has 0 aromatic rings. The molecule has 1 fully saturated rings. The van der Waals surface area contributed by atoms with Gasteiger partial charge in [-0.05, 0) is 12.8 Å². The average Bonchev–Trinajstić information content (AvgIpc) is 2.77. The van der Waals surface area contributed by atoms with Crippen molar-refractivity contribution in [3.63, 3.8) is 0 Å². The monoisotopic (exact) mass is 298 g/mol. The van der Waals surface area contributed by atoms with Crippen LogP contribution >= 0.6 is 0 Å². The van der Waals surface area contributed by atoms with Crippen LogP contribution in [0.1, 0.15) is 25.7 Å². The Kier molecular flexibility index (Phi) is 5.01. The molecule has 0 aliphatic heterocycles. The fourth-order valence-corrected chi connectivity index (χ4v) is 2.70. The van der Waals surface area contributed by atoms with E-state index in [9.17, 15) is 27.9 Å². The molecule has 0 spiro atoms. The summed E-state index contributed by atoms with van der Waals surface area (Å²) in [6.45, 7) is -1.70. The highest BCUT2D eigenvalue weighted by atomic mass is 19.4. The highest BCUT2D eigenvalue weighted by Crippen LogP contribution is 2.33. The number of alkyl halides is 3. The molecule has 1 aliphatic rings. The van der Waals surface area contributed by atoms with Crippen LogP contribution in [0.5, 0.6) is 0 Å². The van der Waals surface area contributed by atoms with Gasteiger partial charge in [-0.15, -0.1) is 0 Å². The summed E-state index contributed by atoms with van der Waals surface area (Å²) in [5.41, 5.74) is 0. The Balaban J connectivity index is 2.81. The number of hydrogen-bond donors (Lipinski definition) is 1. The molecule has 1 amide bonds. The number of carboxylic acids is 1. The quantitative estimate of drug-likeness (QED) is 0.810. The number of amides is 1. The Bertz CT molecular complexity index is 375. The van der Waals surface area contributed by atoms with Crippen LogP contribution in [0, 0.1) is 5.92 Å². The van der Waals surface area contributed by atoms with Gasteiger partial charge in [0.25, 0.3) is 0 Å². The molecule has 0 bridgehead atoms. The van der Waals surface area contributed by atoms with Crippen LogP contribution in [0.15, 0.2) is 0 Å². The Morgan fingerprint density at radius 2 is 1.80 bits per heavy atom. The van der Waals surface area contributed by atoms with E-state index in [1.54, 1.807) is 0 Å². The van der Waals surface area contributed by atoms with Crippen molar-refractivity contribution >= 4 is 12.1 Å². The van der Waals surface area contributed by atoms with Crippen molar-refractivity contribution in [2.24, 2.45) is 5.92 Å². The molecule has 1 unspecified atom stereocenters. The molecular formula is C12H19F3NO4+. The third-order valence-corrected chi connectivity index (χ3v) is 3.62. The zero-order valence-corrected chi connectivity index (χ0v) is 11.4. The zero-order chi connectivity index (χ0) is 15.6. The largest absolute Gasteiger partial charge is 0.516 e. The maximum absolute atomic E-state index is 12.1. The van der Waals surface area contributed by atoms with Crippen molar-refractivity contribution in [3.8, 4) is 0 Å². The van der Waals surface area contributed by atoms with E-state index < -0.39 is 35.4 Å². The van der Waals surface area contributed by atoms with E-state index in [2.05, 4.69) is 4.74 Å². The van der Waals surface area contributed by atoms with Gasteiger partial charge in [-0.2, -0.15) is 18.0 Å². The third kappa shape index (κ3) is 4.09. The zero-order valence-electron chi connectivity index (χ0n) is 11.4. The van der Waals surface area contributed by atoms with Gasteiger partial charge in [0, 0.05) is 5.92 Å². The summed E-state index contributed by atoms with van der Waals surface area (Å²) in [5, 5.41) is 9.30. The molecule has 1 N–H and O–H groups in total. The first-order valence-electron chi connectivity index (χ1n) is 6.36. The lowest BCUT2D eigenvalue weighted by atomic mass is 9.95. The number of rotatable bonds is 4. The van der Waals surface area contributed by atoms with E-state index in [0.717, 1.165) is 12.8 Å². The molecule has 1 aliphatic carbocycles. The molecule has 1 rings (SSSR count). The first-order valence-corrected chi connectivity index (χ1v) is 6.36. The minimum absolute atomic E-state index is 0.221.